The number of ether oxygens (including phenoxy) is 1. The van der Waals surface area contributed by atoms with Crippen LogP contribution in [-0.4, -0.2) is 27.9 Å². The fraction of sp³-hybridized carbons (Fsp3) is 0.364. The minimum Gasteiger partial charge on any atom is -0.465 e. The molecule has 0 radical (unpaired) electrons. The molecule has 1 aliphatic rings. The van der Waals surface area contributed by atoms with Crippen LogP contribution in [0.3, 0.4) is 0 Å². The molecule has 0 unspecified atom stereocenters. The Kier molecular flexibility index (Phi) is 6.43. The van der Waals surface area contributed by atoms with Crippen LogP contribution in [-0.2, 0) is 24.1 Å². The molecule has 162 valence electrons. The number of carbonyl (C=O) groups is 2. The third kappa shape index (κ3) is 4.24. The van der Waals surface area contributed by atoms with Crippen molar-refractivity contribution in [1.29, 1.82) is 0 Å². The second-order valence-electron chi connectivity index (χ2n) is 7.29. The maximum atomic E-state index is 13.0. The van der Waals surface area contributed by atoms with Gasteiger partial charge in [-0.1, -0.05) is 25.5 Å². The second-order valence-corrected chi connectivity index (χ2v) is 9.33. The Bertz CT molecular complexity index is 1220. The molecule has 0 bridgehead atoms. The molecule has 0 fully saturated rings. The molecule has 0 atom stereocenters. The van der Waals surface area contributed by atoms with Gasteiger partial charge in [-0.2, -0.15) is 0 Å². The van der Waals surface area contributed by atoms with Crippen LogP contribution in [0.15, 0.2) is 34.2 Å². The number of hydrogen-bond acceptors (Lipinski definition) is 7. The van der Waals surface area contributed by atoms with Gasteiger partial charge in [0.2, 0.25) is 0 Å². The van der Waals surface area contributed by atoms with Crippen LogP contribution in [0, 0.1) is 0 Å². The van der Waals surface area contributed by atoms with Gasteiger partial charge >= 0.3 is 5.97 Å². The van der Waals surface area contributed by atoms with Gasteiger partial charge in [0.25, 0.3) is 10.8 Å². The van der Waals surface area contributed by atoms with Gasteiger partial charge < -0.3 is 10.1 Å². The molecule has 4 rings (SSSR count). The molecule has 1 N–H and O–H groups in total. The maximum Gasteiger partial charge on any atom is 0.341 e. The zero-order valence-electron chi connectivity index (χ0n) is 17.4. The standard InChI is InChI=1S/C22H23N3O4S2/c1-3-4-12-25-19(26)13-8-5-6-10-15(13)23-21(25)31-22(28)24-18-17(20(27)29-2)14-9-7-11-16(14)30-18/h5-6,8,10H,3-4,7,9,11-12H2,1-2H3,(H,24,28). The van der Waals surface area contributed by atoms with Crippen LogP contribution in [0.4, 0.5) is 9.80 Å². The predicted octanol–water partition coefficient (Wildman–Crippen LogP) is 4.86. The summed E-state index contributed by atoms with van der Waals surface area (Å²) in [6, 6.07) is 7.13. The highest BCUT2D eigenvalue weighted by Gasteiger charge is 2.28. The molecule has 1 aliphatic carbocycles. The first-order valence-electron chi connectivity index (χ1n) is 10.2. The van der Waals surface area contributed by atoms with E-state index in [-0.39, 0.29) is 5.56 Å². The van der Waals surface area contributed by atoms with Crippen LogP contribution >= 0.6 is 23.1 Å². The highest BCUT2D eigenvalue weighted by molar-refractivity contribution is 8.13. The molecule has 0 aliphatic heterocycles. The number of thioether (sulfide) groups is 1. The van der Waals surface area contributed by atoms with E-state index in [2.05, 4.69) is 10.3 Å². The SMILES string of the molecule is CCCCn1c(SC(=O)Nc2sc3c(c2C(=O)OC)CCC3)nc2ccccc2c1=O. The second kappa shape index (κ2) is 9.23. The summed E-state index contributed by atoms with van der Waals surface area (Å²) < 4.78 is 6.50. The summed E-state index contributed by atoms with van der Waals surface area (Å²) in [7, 11) is 1.34. The number of rotatable bonds is 6. The lowest BCUT2D eigenvalue weighted by Crippen LogP contribution is -2.24. The Balaban J connectivity index is 1.65. The molecular formula is C22H23N3O4S2. The average molecular weight is 458 g/mol. The van der Waals surface area contributed by atoms with E-state index in [4.69, 9.17) is 4.74 Å². The van der Waals surface area contributed by atoms with Crippen molar-refractivity contribution >= 4 is 50.2 Å². The van der Waals surface area contributed by atoms with Crippen LogP contribution in [0.25, 0.3) is 10.9 Å². The highest BCUT2D eigenvalue weighted by atomic mass is 32.2. The number of para-hydroxylation sites is 1. The van der Waals surface area contributed by atoms with Crippen molar-refractivity contribution in [1.82, 2.24) is 9.55 Å². The van der Waals surface area contributed by atoms with Crippen molar-refractivity contribution in [3.05, 3.63) is 50.6 Å². The highest BCUT2D eigenvalue weighted by Crippen LogP contribution is 2.40. The number of fused-ring (bicyclic) bond motifs is 2. The van der Waals surface area contributed by atoms with Crippen molar-refractivity contribution in [2.24, 2.45) is 0 Å². The summed E-state index contributed by atoms with van der Waals surface area (Å²) >= 11 is 2.29. The number of nitrogens with zero attached hydrogens (tertiary/aromatic N) is 2. The third-order valence-electron chi connectivity index (χ3n) is 5.27. The van der Waals surface area contributed by atoms with Crippen LogP contribution < -0.4 is 10.9 Å². The van der Waals surface area contributed by atoms with E-state index in [1.165, 1.54) is 18.4 Å². The molecule has 0 saturated heterocycles. The van der Waals surface area contributed by atoms with E-state index in [9.17, 15) is 14.4 Å². The Hall–Kier alpha value is -2.65. The van der Waals surface area contributed by atoms with Gasteiger partial charge in [0.05, 0.1) is 23.6 Å². The molecule has 0 saturated carbocycles. The Morgan fingerprint density at radius 2 is 2.10 bits per heavy atom. The molecule has 9 heteroatoms. The zero-order chi connectivity index (χ0) is 22.0. The number of esters is 1. The van der Waals surface area contributed by atoms with E-state index in [0.717, 1.165) is 54.3 Å². The summed E-state index contributed by atoms with van der Waals surface area (Å²) in [6.07, 6.45) is 4.43. The number of aromatic nitrogens is 2. The number of unbranched alkanes of at least 4 members (excludes halogenated alkanes) is 1. The number of carbonyl (C=O) groups excluding carboxylic acids is 2. The Labute approximate surface area is 187 Å². The van der Waals surface area contributed by atoms with Crippen molar-refractivity contribution in [2.45, 2.75) is 50.7 Å². The first-order valence-corrected chi connectivity index (χ1v) is 11.9. The van der Waals surface area contributed by atoms with Gasteiger partial charge in [-0.3, -0.25) is 14.2 Å². The maximum absolute atomic E-state index is 13.0. The summed E-state index contributed by atoms with van der Waals surface area (Å²) in [5, 5.41) is 3.83. The molecule has 7 nitrogen and oxygen atoms in total. The van der Waals surface area contributed by atoms with Crippen LogP contribution in [0.5, 0.6) is 0 Å². The number of aryl methyl sites for hydroxylation is 1. The van der Waals surface area contributed by atoms with Gasteiger partial charge in [-0.15, -0.1) is 11.3 Å². The fourth-order valence-corrected chi connectivity index (χ4v) is 5.83. The summed E-state index contributed by atoms with van der Waals surface area (Å²) in [4.78, 5) is 43.9. The minimum absolute atomic E-state index is 0.153. The van der Waals surface area contributed by atoms with Gasteiger partial charge in [0.15, 0.2) is 5.16 Å². The average Bonchev–Trinajstić information content (AvgIpc) is 3.34. The quantitative estimate of drug-likeness (QED) is 0.323. The first kappa shape index (κ1) is 21.6. The fourth-order valence-electron chi connectivity index (χ4n) is 3.75. The normalized spacial score (nSPS) is 12.7. The van der Waals surface area contributed by atoms with Crippen molar-refractivity contribution in [2.75, 3.05) is 12.4 Å². The van der Waals surface area contributed by atoms with Crippen molar-refractivity contribution < 1.29 is 14.3 Å². The molecule has 1 aromatic carbocycles. The van der Waals surface area contributed by atoms with Gasteiger partial charge in [-0.25, -0.2) is 9.78 Å². The number of benzene rings is 1. The number of methoxy groups -OCH3 is 1. The van der Waals surface area contributed by atoms with E-state index in [1.807, 2.05) is 13.0 Å². The van der Waals surface area contributed by atoms with E-state index < -0.39 is 11.2 Å². The number of amides is 1. The Morgan fingerprint density at radius 3 is 2.87 bits per heavy atom. The number of thiophene rings is 1. The molecule has 2 aromatic heterocycles. The monoisotopic (exact) mass is 457 g/mol. The smallest absolute Gasteiger partial charge is 0.341 e. The van der Waals surface area contributed by atoms with Crippen LogP contribution in [0.1, 0.15) is 47.0 Å². The van der Waals surface area contributed by atoms with Crippen molar-refractivity contribution in [3.63, 3.8) is 0 Å². The zero-order valence-corrected chi connectivity index (χ0v) is 19.0. The first-order chi connectivity index (χ1) is 15.0. The summed E-state index contributed by atoms with van der Waals surface area (Å²) in [6.45, 7) is 2.53. The van der Waals surface area contributed by atoms with Gasteiger partial charge in [0.1, 0.15) is 5.00 Å². The molecule has 2 heterocycles. The Morgan fingerprint density at radius 1 is 1.29 bits per heavy atom. The molecule has 3 aromatic rings. The molecular weight excluding hydrogens is 434 g/mol. The topological polar surface area (TPSA) is 90.3 Å². The van der Waals surface area contributed by atoms with E-state index in [1.54, 1.807) is 22.8 Å². The number of nitrogens with one attached hydrogen (secondary N) is 1. The predicted molar refractivity (Wildman–Crippen MR) is 123 cm³/mol. The third-order valence-corrected chi connectivity index (χ3v) is 7.26. The lowest BCUT2D eigenvalue weighted by atomic mass is 10.1. The summed E-state index contributed by atoms with van der Waals surface area (Å²) in [5.41, 5.74) is 1.82. The van der Waals surface area contributed by atoms with Crippen LogP contribution in [0.2, 0.25) is 0 Å². The lowest BCUT2D eigenvalue weighted by Gasteiger charge is -2.12. The summed E-state index contributed by atoms with van der Waals surface area (Å²) in [5.74, 6) is -0.441. The van der Waals surface area contributed by atoms with Gasteiger partial charge in [-0.05, 0) is 43.4 Å². The minimum atomic E-state index is -0.441. The number of anilines is 1. The molecule has 31 heavy (non-hydrogen) atoms. The van der Waals surface area contributed by atoms with E-state index >= 15 is 0 Å². The van der Waals surface area contributed by atoms with Gasteiger partial charge in [0, 0.05) is 23.2 Å². The molecule has 1 amide bonds. The lowest BCUT2D eigenvalue weighted by molar-refractivity contribution is 0.0601. The molecule has 0 spiro atoms. The van der Waals surface area contributed by atoms with E-state index in [0.29, 0.717) is 33.2 Å². The largest absolute Gasteiger partial charge is 0.465 e. The van der Waals surface area contributed by atoms with Crippen molar-refractivity contribution in [3.8, 4) is 0 Å². The number of hydrogen-bond donors (Lipinski definition) is 1.